The molecular weight excluding hydrogens is 531 g/mol. The van der Waals surface area contributed by atoms with Gasteiger partial charge >= 0.3 is 192 Å². The van der Waals surface area contributed by atoms with Gasteiger partial charge in [0, 0.05) is 0 Å². The van der Waals surface area contributed by atoms with E-state index in [1.165, 1.54) is 24.0 Å². The van der Waals surface area contributed by atoms with E-state index in [2.05, 4.69) is 99.0 Å². The van der Waals surface area contributed by atoms with E-state index in [0.717, 1.165) is 0 Å². The number of halogens is 2. The smallest absolute Gasteiger partial charge is 1.00 e. The average Bonchev–Trinajstić information content (AvgIpc) is 3.34. The molecule has 2 aromatic carbocycles. The second kappa shape index (κ2) is 12.0. The third-order valence-corrected chi connectivity index (χ3v) is 14.7. The van der Waals surface area contributed by atoms with Crippen molar-refractivity contribution < 1.29 is 48.0 Å². The van der Waals surface area contributed by atoms with E-state index in [1.807, 2.05) is 6.56 Å². The Morgan fingerprint density at radius 2 is 0.935 bits per heavy atom. The minimum atomic E-state index is -0.864. The molecule has 2 aromatic rings. The Bertz CT molecular complexity index is 936. The Labute approximate surface area is 215 Å². The van der Waals surface area contributed by atoms with Crippen LogP contribution in [0.15, 0.2) is 89.8 Å². The van der Waals surface area contributed by atoms with Gasteiger partial charge in [-0.1, -0.05) is 0 Å². The predicted molar refractivity (Wildman–Crippen MR) is 130 cm³/mol. The van der Waals surface area contributed by atoms with Crippen LogP contribution in [-0.2, 0) is 23.2 Å². The van der Waals surface area contributed by atoms with Crippen LogP contribution in [0, 0.1) is 0 Å². The molecule has 0 nitrogen and oxygen atoms in total. The molecule has 0 aliphatic heterocycles. The first-order valence-electron chi connectivity index (χ1n) is 10.8. The summed E-state index contributed by atoms with van der Waals surface area (Å²) in [7, 11) is -1.73. The average molecular weight is 561 g/mol. The summed E-state index contributed by atoms with van der Waals surface area (Å²) >= 11 is -0.711. The summed E-state index contributed by atoms with van der Waals surface area (Å²) < 4.78 is 3.75. The molecule has 0 radical (unpaired) electrons. The largest absolute Gasteiger partial charge is 1.00 e. The summed E-state index contributed by atoms with van der Waals surface area (Å²) in [4.78, 5) is 0. The van der Waals surface area contributed by atoms with E-state index in [1.54, 1.807) is 21.5 Å². The van der Waals surface area contributed by atoms with Crippen molar-refractivity contribution in [3.8, 4) is 0 Å². The predicted octanol–water partition coefficient (Wildman–Crippen LogP) is 0.611. The van der Waals surface area contributed by atoms with Crippen molar-refractivity contribution in [3.05, 3.63) is 101 Å². The molecule has 0 amide bonds. The summed E-state index contributed by atoms with van der Waals surface area (Å²) in [5.41, 5.74) is 6.00. The van der Waals surface area contributed by atoms with E-state index < -0.39 is 40.8 Å². The van der Waals surface area contributed by atoms with E-state index in [4.69, 9.17) is 0 Å². The number of rotatable bonds is 6. The fourth-order valence-corrected chi connectivity index (χ4v) is 16.5. The minimum Gasteiger partial charge on any atom is -1.00 e. The third-order valence-electron chi connectivity index (χ3n) is 5.88. The zero-order chi connectivity index (χ0) is 20.4. The van der Waals surface area contributed by atoms with Crippen LogP contribution in [0.2, 0.25) is 26.2 Å². The zero-order valence-corrected chi connectivity index (χ0v) is 25.0. The summed E-state index contributed by atoms with van der Waals surface area (Å²) in [5, 5.41) is 3.60. The van der Waals surface area contributed by atoms with Gasteiger partial charge in [0.25, 0.3) is 0 Å². The number of benzene rings is 2. The van der Waals surface area contributed by atoms with Gasteiger partial charge in [0.15, 0.2) is 0 Å². The molecule has 0 unspecified atom stereocenters. The Morgan fingerprint density at radius 1 is 0.581 bits per heavy atom. The van der Waals surface area contributed by atoms with Gasteiger partial charge in [-0.2, -0.15) is 0 Å². The molecule has 0 spiro atoms. The molecule has 2 aliphatic rings. The van der Waals surface area contributed by atoms with Gasteiger partial charge in [-0.3, -0.25) is 0 Å². The summed E-state index contributed by atoms with van der Waals surface area (Å²) in [6, 6.07) is 22.2. The van der Waals surface area contributed by atoms with Gasteiger partial charge in [-0.05, 0) is 0 Å². The van der Waals surface area contributed by atoms with Crippen LogP contribution in [0.5, 0.6) is 0 Å². The molecule has 160 valence electrons. The van der Waals surface area contributed by atoms with Crippen LogP contribution < -0.4 is 24.8 Å². The second-order valence-electron chi connectivity index (χ2n) is 8.59. The first kappa shape index (κ1) is 26.5. The van der Waals surface area contributed by atoms with Gasteiger partial charge in [0.1, 0.15) is 0 Å². The van der Waals surface area contributed by atoms with Crippen LogP contribution in [0.1, 0.15) is 24.0 Å². The molecule has 4 rings (SSSR count). The van der Waals surface area contributed by atoms with Crippen molar-refractivity contribution in [3.63, 3.8) is 0 Å². The second-order valence-corrected chi connectivity index (χ2v) is 17.9. The molecule has 0 atom stereocenters. The number of hydrogen-bond acceptors (Lipinski definition) is 0. The first-order chi connectivity index (χ1) is 14.1. The quantitative estimate of drug-likeness (QED) is 0.455. The van der Waals surface area contributed by atoms with Gasteiger partial charge in [0.2, 0.25) is 0 Å². The van der Waals surface area contributed by atoms with Crippen molar-refractivity contribution in [2.45, 2.75) is 39.0 Å². The molecule has 0 bridgehead atoms. The van der Waals surface area contributed by atoms with Gasteiger partial charge in [-0.15, -0.1) is 0 Å². The molecule has 0 saturated heterocycles. The van der Waals surface area contributed by atoms with E-state index in [0.29, 0.717) is 0 Å². The maximum absolute atomic E-state index is 2.54. The van der Waals surface area contributed by atoms with Crippen LogP contribution in [0.25, 0.3) is 11.1 Å². The van der Waals surface area contributed by atoms with Crippen LogP contribution in [0.3, 0.4) is 0 Å². The van der Waals surface area contributed by atoms with E-state index in [-0.39, 0.29) is 24.8 Å². The van der Waals surface area contributed by atoms with Crippen LogP contribution in [0.4, 0.5) is 0 Å². The van der Waals surface area contributed by atoms with E-state index in [9.17, 15) is 0 Å². The van der Waals surface area contributed by atoms with Crippen molar-refractivity contribution in [1.29, 1.82) is 0 Å². The Morgan fingerprint density at radius 3 is 1.26 bits per heavy atom. The minimum absolute atomic E-state index is 0. The maximum atomic E-state index is 2.54. The summed E-state index contributed by atoms with van der Waals surface area (Å²) in [6.07, 6.45) is 7.52. The Hall–Kier alpha value is -0.703. The van der Waals surface area contributed by atoms with Gasteiger partial charge in [-0.25, -0.2) is 0 Å². The van der Waals surface area contributed by atoms with Crippen molar-refractivity contribution in [2.75, 3.05) is 0 Å². The molecule has 0 aromatic heterocycles. The molecular formula is C26H30Cl2Si2Zr. The fraction of sp³-hybridized carbons (Fsp3) is 0.231. The van der Waals surface area contributed by atoms with Crippen molar-refractivity contribution in [1.82, 2.24) is 0 Å². The normalized spacial score (nSPS) is 15.5. The fourth-order valence-electron chi connectivity index (χ4n) is 4.69. The molecule has 0 heterocycles. The SMILES string of the molecule is C[SiH](C)C1=[C]([Zr+2][C]2=C([SiH](C)C)C(c3ccccc3)=CC2)CC=C1c1ccccc1.[Cl-].[Cl-]. The van der Waals surface area contributed by atoms with Crippen molar-refractivity contribution in [2.24, 2.45) is 0 Å². The molecule has 0 saturated carbocycles. The Kier molecular flexibility index (Phi) is 10.2. The van der Waals surface area contributed by atoms with Gasteiger partial charge < -0.3 is 24.8 Å². The van der Waals surface area contributed by atoms with Crippen LogP contribution >= 0.6 is 0 Å². The van der Waals surface area contributed by atoms with Gasteiger partial charge in [0.05, 0.1) is 0 Å². The van der Waals surface area contributed by atoms with Crippen LogP contribution in [-0.4, -0.2) is 17.6 Å². The molecule has 31 heavy (non-hydrogen) atoms. The monoisotopic (exact) mass is 558 g/mol. The van der Waals surface area contributed by atoms with E-state index >= 15 is 0 Å². The Balaban J connectivity index is 0.00000171. The zero-order valence-electron chi connectivity index (χ0n) is 18.8. The summed E-state index contributed by atoms with van der Waals surface area (Å²) in [6.45, 7) is 10.1. The first-order valence-corrected chi connectivity index (χ1v) is 19.0. The standard InChI is InChI=1S/2C13H15Si.2ClH.Zr/c2*1-14(2)13-10-6-9-12(13)11-7-4-3-5-8-11;;;/h2*3-5,7-9,14H,6H2,1-2H3;2*1H;/q;;;;+2/p-2. The molecule has 5 heteroatoms. The maximum Gasteiger partial charge on any atom is -1.00 e. The number of allylic oxidation sites excluding steroid dienone is 8. The van der Waals surface area contributed by atoms with Crippen molar-refractivity contribution >= 4 is 28.7 Å². The number of hydrogen-bond donors (Lipinski definition) is 0. The molecule has 2 aliphatic carbocycles. The molecule has 0 N–H and O–H groups in total. The topological polar surface area (TPSA) is 0 Å². The third kappa shape index (κ3) is 5.81. The molecule has 0 fully saturated rings. The summed E-state index contributed by atoms with van der Waals surface area (Å²) in [5.74, 6) is 0.